The van der Waals surface area contributed by atoms with Crippen molar-refractivity contribution in [1.29, 1.82) is 0 Å². The van der Waals surface area contributed by atoms with E-state index in [9.17, 15) is 9.18 Å². The molecule has 0 unspecified atom stereocenters. The Hall–Kier alpha value is -2.56. The number of ether oxygens (including phenoxy) is 2. The van der Waals surface area contributed by atoms with Gasteiger partial charge in [0.05, 0.1) is 12.2 Å². The highest BCUT2D eigenvalue weighted by Gasteiger charge is 2.12. The topological polar surface area (TPSA) is 55.8 Å². The zero-order chi connectivity index (χ0) is 18.8. The summed E-state index contributed by atoms with van der Waals surface area (Å²) in [6, 6.07) is 9.91. The van der Waals surface area contributed by atoms with Crippen LogP contribution in [0.4, 0.5) is 4.39 Å². The van der Waals surface area contributed by atoms with E-state index in [4.69, 9.17) is 14.6 Å². The predicted octanol–water partition coefficient (Wildman–Crippen LogP) is 5.49. The second-order valence-corrected chi connectivity index (χ2v) is 6.14. The highest BCUT2D eigenvalue weighted by atomic mass is 19.1. The Kier molecular flexibility index (Phi) is 7.93. The molecule has 0 atom stereocenters. The number of carbonyl (C=O) groups is 1. The van der Waals surface area contributed by atoms with Crippen molar-refractivity contribution in [1.82, 2.24) is 0 Å². The minimum atomic E-state index is -0.794. The van der Waals surface area contributed by atoms with Gasteiger partial charge in [-0.2, -0.15) is 0 Å². The first-order valence-electron chi connectivity index (χ1n) is 9.03. The van der Waals surface area contributed by atoms with Crippen LogP contribution in [-0.4, -0.2) is 17.7 Å². The lowest BCUT2D eigenvalue weighted by molar-refractivity contribution is 0.0727. The van der Waals surface area contributed by atoms with Gasteiger partial charge in [0.25, 0.3) is 0 Å². The van der Waals surface area contributed by atoms with Gasteiger partial charge in [0.2, 0.25) is 0 Å². The summed E-state index contributed by atoms with van der Waals surface area (Å²) >= 11 is 0. The number of phenols is 1. The standard InChI is InChI=1S/C21H25FO4/c1-2-3-4-5-6-7-14-25-18-11-8-16(9-12-18)21(24)26-20-13-10-17(23)15-19(20)22/h8-13,15,23H,2-7,14H2,1H3. The molecule has 0 aromatic heterocycles. The number of rotatable bonds is 10. The lowest BCUT2D eigenvalue weighted by Crippen LogP contribution is -2.09. The van der Waals surface area contributed by atoms with Crippen molar-refractivity contribution < 1.29 is 23.8 Å². The molecule has 0 heterocycles. The number of phenolic OH excluding ortho intramolecular Hbond substituents is 1. The number of hydrogen-bond acceptors (Lipinski definition) is 4. The van der Waals surface area contributed by atoms with Gasteiger partial charge in [0, 0.05) is 6.07 Å². The van der Waals surface area contributed by atoms with E-state index in [1.807, 2.05) is 0 Å². The Labute approximate surface area is 153 Å². The summed E-state index contributed by atoms with van der Waals surface area (Å²) in [5.74, 6) is -1.23. The van der Waals surface area contributed by atoms with Crippen LogP contribution in [0.1, 0.15) is 55.8 Å². The summed E-state index contributed by atoms with van der Waals surface area (Å²) in [6.45, 7) is 2.85. The molecule has 2 rings (SSSR count). The molecule has 5 heteroatoms. The van der Waals surface area contributed by atoms with Gasteiger partial charge < -0.3 is 14.6 Å². The quantitative estimate of drug-likeness (QED) is 0.346. The lowest BCUT2D eigenvalue weighted by Gasteiger charge is -2.08. The molecule has 0 aliphatic rings. The summed E-state index contributed by atoms with van der Waals surface area (Å²) in [7, 11) is 0. The lowest BCUT2D eigenvalue weighted by atomic mass is 10.1. The van der Waals surface area contributed by atoms with Gasteiger partial charge >= 0.3 is 5.97 Å². The number of carbonyl (C=O) groups excluding carboxylic acids is 1. The van der Waals surface area contributed by atoms with Crippen molar-refractivity contribution >= 4 is 5.97 Å². The van der Waals surface area contributed by atoms with Crippen LogP contribution in [0.5, 0.6) is 17.2 Å². The Morgan fingerprint density at radius 1 is 1.00 bits per heavy atom. The zero-order valence-electron chi connectivity index (χ0n) is 15.0. The monoisotopic (exact) mass is 360 g/mol. The van der Waals surface area contributed by atoms with E-state index in [0.29, 0.717) is 17.9 Å². The second-order valence-electron chi connectivity index (χ2n) is 6.14. The van der Waals surface area contributed by atoms with E-state index in [2.05, 4.69) is 6.92 Å². The average molecular weight is 360 g/mol. The summed E-state index contributed by atoms with van der Waals surface area (Å²) in [5.41, 5.74) is 0.296. The van der Waals surface area contributed by atoms with Crippen LogP contribution >= 0.6 is 0 Å². The zero-order valence-corrected chi connectivity index (χ0v) is 15.0. The van der Waals surface area contributed by atoms with Crippen molar-refractivity contribution in [2.24, 2.45) is 0 Å². The number of esters is 1. The van der Waals surface area contributed by atoms with E-state index in [1.54, 1.807) is 24.3 Å². The van der Waals surface area contributed by atoms with Gasteiger partial charge in [-0.25, -0.2) is 9.18 Å². The first kappa shape index (κ1) is 19.8. The van der Waals surface area contributed by atoms with E-state index < -0.39 is 11.8 Å². The van der Waals surface area contributed by atoms with Crippen LogP contribution < -0.4 is 9.47 Å². The van der Waals surface area contributed by atoms with Crippen molar-refractivity contribution in [3.05, 3.63) is 53.8 Å². The van der Waals surface area contributed by atoms with Crippen LogP contribution in [0.15, 0.2) is 42.5 Å². The maximum absolute atomic E-state index is 13.6. The molecule has 0 aliphatic heterocycles. The maximum atomic E-state index is 13.6. The third kappa shape index (κ3) is 6.39. The van der Waals surface area contributed by atoms with Gasteiger partial charge in [-0.1, -0.05) is 39.0 Å². The Morgan fingerprint density at radius 3 is 2.38 bits per heavy atom. The molecule has 140 valence electrons. The average Bonchev–Trinajstić information content (AvgIpc) is 2.64. The summed E-state index contributed by atoms with van der Waals surface area (Å²) in [4.78, 5) is 12.1. The molecule has 0 saturated heterocycles. The molecular weight excluding hydrogens is 335 g/mol. The Bertz CT molecular complexity index is 698. The van der Waals surface area contributed by atoms with Crippen LogP contribution in [0.25, 0.3) is 0 Å². The van der Waals surface area contributed by atoms with Crippen molar-refractivity contribution in [3.8, 4) is 17.2 Å². The Balaban J connectivity index is 1.78. The molecule has 0 fully saturated rings. The summed E-state index contributed by atoms with van der Waals surface area (Å²) in [6.07, 6.45) is 7.19. The first-order valence-corrected chi connectivity index (χ1v) is 9.03. The fourth-order valence-corrected chi connectivity index (χ4v) is 2.49. The van der Waals surface area contributed by atoms with Crippen molar-refractivity contribution in [3.63, 3.8) is 0 Å². The minimum Gasteiger partial charge on any atom is -0.508 e. The molecule has 2 aromatic carbocycles. The Morgan fingerprint density at radius 2 is 1.69 bits per heavy atom. The van der Waals surface area contributed by atoms with Gasteiger partial charge in [-0.3, -0.25) is 0 Å². The number of benzene rings is 2. The highest BCUT2D eigenvalue weighted by Crippen LogP contribution is 2.23. The molecule has 2 aromatic rings. The smallest absolute Gasteiger partial charge is 0.343 e. The fourth-order valence-electron chi connectivity index (χ4n) is 2.49. The predicted molar refractivity (Wildman–Crippen MR) is 98.3 cm³/mol. The first-order chi connectivity index (χ1) is 12.6. The number of halogens is 1. The molecule has 4 nitrogen and oxygen atoms in total. The summed E-state index contributed by atoms with van der Waals surface area (Å²) in [5, 5.41) is 9.17. The van der Waals surface area contributed by atoms with Gasteiger partial charge in [0.15, 0.2) is 11.6 Å². The van der Waals surface area contributed by atoms with Crippen molar-refractivity contribution in [2.75, 3.05) is 6.61 Å². The highest BCUT2D eigenvalue weighted by molar-refractivity contribution is 5.91. The molecule has 0 aliphatic carbocycles. The molecule has 0 saturated carbocycles. The largest absolute Gasteiger partial charge is 0.508 e. The van der Waals surface area contributed by atoms with E-state index in [1.165, 1.54) is 37.8 Å². The SMILES string of the molecule is CCCCCCCCOc1ccc(C(=O)Oc2ccc(O)cc2F)cc1. The number of aromatic hydroxyl groups is 1. The maximum Gasteiger partial charge on any atom is 0.343 e. The molecule has 0 spiro atoms. The third-order valence-electron chi connectivity index (χ3n) is 3.97. The van der Waals surface area contributed by atoms with Crippen LogP contribution in [0, 0.1) is 5.82 Å². The second kappa shape index (κ2) is 10.4. The summed E-state index contributed by atoms with van der Waals surface area (Å²) < 4.78 is 24.3. The molecule has 0 bridgehead atoms. The molecule has 26 heavy (non-hydrogen) atoms. The third-order valence-corrected chi connectivity index (χ3v) is 3.97. The van der Waals surface area contributed by atoms with Gasteiger partial charge in [-0.15, -0.1) is 0 Å². The van der Waals surface area contributed by atoms with Crippen LogP contribution in [-0.2, 0) is 0 Å². The molecule has 1 N–H and O–H groups in total. The van der Waals surface area contributed by atoms with E-state index >= 15 is 0 Å². The van der Waals surface area contributed by atoms with Crippen LogP contribution in [0.3, 0.4) is 0 Å². The minimum absolute atomic E-state index is 0.226. The van der Waals surface area contributed by atoms with Gasteiger partial charge in [0.1, 0.15) is 11.5 Å². The normalized spacial score (nSPS) is 10.5. The molecule has 0 amide bonds. The van der Waals surface area contributed by atoms with Crippen LogP contribution in [0.2, 0.25) is 0 Å². The molecule has 0 radical (unpaired) electrons. The van der Waals surface area contributed by atoms with E-state index in [-0.39, 0.29) is 11.5 Å². The fraction of sp³-hybridized carbons (Fsp3) is 0.381. The number of hydrogen-bond donors (Lipinski definition) is 1. The van der Waals surface area contributed by atoms with Gasteiger partial charge in [-0.05, 0) is 42.8 Å². The van der Waals surface area contributed by atoms with Crippen molar-refractivity contribution in [2.45, 2.75) is 45.4 Å². The molecular formula is C21H25FO4. The van der Waals surface area contributed by atoms with E-state index in [0.717, 1.165) is 18.9 Å². The number of unbranched alkanes of at least 4 members (excludes halogenated alkanes) is 5.